The van der Waals surface area contributed by atoms with Gasteiger partial charge in [-0.25, -0.2) is 18.4 Å². The van der Waals surface area contributed by atoms with Crippen LogP contribution < -0.4 is 10.5 Å². The SMILES string of the molecule is C[C@H](OC(=O)c1cccs1)C(=O)Nc1ccc(S(N)(=O)=O)cc1. The largest absolute Gasteiger partial charge is 0.448 e. The maximum Gasteiger partial charge on any atom is 0.349 e. The van der Waals surface area contributed by atoms with Crippen molar-refractivity contribution in [2.75, 3.05) is 5.32 Å². The van der Waals surface area contributed by atoms with E-state index in [0.29, 0.717) is 10.6 Å². The van der Waals surface area contributed by atoms with Crippen LogP contribution in [0.1, 0.15) is 16.6 Å². The first kappa shape index (κ1) is 17.1. The molecule has 0 radical (unpaired) electrons. The Bertz CT molecular complexity index is 798. The van der Waals surface area contributed by atoms with Gasteiger partial charge in [0.15, 0.2) is 6.10 Å². The Morgan fingerprint density at radius 2 is 1.87 bits per heavy atom. The molecule has 0 aliphatic carbocycles. The highest BCUT2D eigenvalue weighted by Gasteiger charge is 2.19. The molecule has 7 nitrogen and oxygen atoms in total. The van der Waals surface area contributed by atoms with Gasteiger partial charge in [0.25, 0.3) is 5.91 Å². The molecule has 122 valence electrons. The van der Waals surface area contributed by atoms with Crippen LogP contribution >= 0.6 is 11.3 Å². The number of benzene rings is 1. The van der Waals surface area contributed by atoms with Gasteiger partial charge in [0.05, 0.1) is 4.90 Å². The number of nitrogens with two attached hydrogens (primary N) is 1. The number of carbonyl (C=O) groups is 2. The number of esters is 1. The number of amides is 1. The van der Waals surface area contributed by atoms with Gasteiger partial charge < -0.3 is 10.1 Å². The molecule has 1 amide bonds. The summed E-state index contributed by atoms with van der Waals surface area (Å²) in [6.07, 6.45) is -0.998. The molecule has 1 aromatic carbocycles. The van der Waals surface area contributed by atoms with Crippen LogP contribution in [-0.2, 0) is 19.6 Å². The lowest BCUT2D eigenvalue weighted by Gasteiger charge is -2.13. The lowest BCUT2D eigenvalue weighted by molar-refractivity contribution is -0.123. The minimum atomic E-state index is -3.79. The second-order valence-corrected chi connectivity index (χ2v) is 7.09. The van der Waals surface area contributed by atoms with E-state index >= 15 is 0 Å². The molecule has 0 unspecified atom stereocenters. The maximum atomic E-state index is 12.0. The third-order valence-electron chi connectivity index (χ3n) is 2.83. The number of ether oxygens (including phenoxy) is 1. The van der Waals surface area contributed by atoms with Crippen LogP contribution in [-0.4, -0.2) is 26.4 Å². The van der Waals surface area contributed by atoms with Crippen molar-refractivity contribution in [3.63, 3.8) is 0 Å². The van der Waals surface area contributed by atoms with Crippen molar-refractivity contribution in [1.82, 2.24) is 0 Å². The van der Waals surface area contributed by atoms with E-state index in [1.165, 1.54) is 42.5 Å². The van der Waals surface area contributed by atoms with Gasteiger partial charge in [-0.2, -0.15) is 0 Å². The van der Waals surface area contributed by atoms with E-state index in [1.54, 1.807) is 17.5 Å². The summed E-state index contributed by atoms with van der Waals surface area (Å²) < 4.78 is 27.3. The molecule has 0 bridgehead atoms. The summed E-state index contributed by atoms with van der Waals surface area (Å²) in [4.78, 5) is 24.1. The van der Waals surface area contributed by atoms with E-state index in [2.05, 4.69) is 5.32 Å². The smallest absolute Gasteiger partial charge is 0.349 e. The Morgan fingerprint density at radius 3 is 2.39 bits per heavy atom. The maximum absolute atomic E-state index is 12.0. The van der Waals surface area contributed by atoms with Crippen molar-refractivity contribution in [2.24, 2.45) is 5.14 Å². The number of rotatable bonds is 5. The molecule has 0 saturated heterocycles. The molecule has 0 aliphatic rings. The van der Waals surface area contributed by atoms with E-state index in [0.717, 1.165) is 0 Å². The van der Waals surface area contributed by atoms with Crippen molar-refractivity contribution in [1.29, 1.82) is 0 Å². The standard InChI is InChI=1S/C14H14N2O5S2/c1-9(21-14(18)12-3-2-8-22-12)13(17)16-10-4-6-11(7-5-10)23(15,19)20/h2-9H,1H3,(H,16,17)(H2,15,19,20)/t9-/m0/s1. The Kier molecular flexibility index (Phi) is 5.14. The van der Waals surface area contributed by atoms with Crippen LogP contribution in [0.2, 0.25) is 0 Å². The summed E-state index contributed by atoms with van der Waals surface area (Å²) in [6, 6.07) is 8.64. The molecular weight excluding hydrogens is 340 g/mol. The number of sulfonamides is 1. The molecule has 1 heterocycles. The topological polar surface area (TPSA) is 116 Å². The lowest BCUT2D eigenvalue weighted by atomic mass is 10.3. The summed E-state index contributed by atoms with van der Waals surface area (Å²) in [6.45, 7) is 1.44. The van der Waals surface area contributed by atoms with Gasteiger partial charge in [0.1, 0.15) is 4.88 Å². The van der Waals surface area contributed by atoms with Gasteiger partial charge in [0.2, 0.25) is 10.0 Å². The molecule has 2 rings (SSSR count). The number of anilines is 1. The van der Waals surface area contributed by atoms with Gasteiger partial charge >= 0.3 is 5.97 Å². The minimum absolute atomic E-state index is 0.0623. The molecule has 0 aliphatic heterocycles. The first-order valence-electron chi connectivity index (χ1n) is 6.45. The lowest BCUT2D eigenvalue weighted by Crippen LogP contribution is -2.29. The van der Waals surface area contributed by atoms with Crippen molar-refractivity contribution in [3.8, 4) is 0 Å². The van der Waals surface area contributed by atoms with Gasteiger partial charge in [-0.15, -0.1) is 11.3 Å². The highest BCUT2D eigenvalue weighted by Crippen LogP contribution is 2.14. The van der Waals surface area contributed by atoms with Crippen LogP contribution in [0, 0.1) is 0 Å². The zero-order chi connectivity index (χ0) is 17.0. The van der Waals surface area contributed by atoms with Crippen LogP contribution in [0.5, 0.6) is 0 Å². The fourth-order valence-electron chi connectivity index (χ4n) is 1.64. The molecular formula is C14H14N2O5S2. The average molecular weight is 354 g/mol. The van der Waals surface area contributed by atoms with E-state index in [4.69, 9.17) is 9.88 Å². The number of thiophene rings is 1. The zero-order valence-electron chi connectivity index (χ0n) is 12.1. The normalized spacial score (nSPS) is 12.4. The quantitative estimate of drug-likeness (QED) is 0.791. The van der Waals surface area contributed by atoms with Crippen molar-refractivity contribution in [3.05, 3.63) is 46.7 Å². The Morgan fingerprint density at radius 1 is 1.22 bits per heavy atom. The van der Waals surface area contributed by atoms with E-state index in [9.17, 15) is 18.0 Å². The number of nitrogens with one attached hydrogen (secondary N) is 1. The van der Waals surface area contributed by atoms with E-state index < -0.39 is 28.0 Å². The number of carbonyl (C=O) groups excluding carboxylic acids is 2. The number of hydrogen-bond acceptors (Lipinski definition) is 6. The predicted molar refractivity (Wildman–Crippen MR) is 85.6 cm³/mol. The monoisotopic (exact) mass is 354 g/mol. The van der Waals surface area contributed by atoms with E-state index in [-0.39, 0.29) is 4.90 Å². The summed E-state index contributed by atoms with van der Waals surface area (Å²) in [7, 11) is -3.79. The zero-order valence-corrected chi connectivity index (χ0v) is 13.7. The second-order valence-electron chi connectivity index (χ2n) is 4.58. The van der Waals surface area contributed by atoms with E-state index in [1.807, 2.05) is 0 Å². The van der Waals surface area contributed by atoms with Crippen molar-refractivity contribution in [2.45, 2.75) is 17.9 Å². The predicted octanol–water partition coefficient (Wildman–Crippen LogP) is 1.58. The number of hydrogen-bond donors (Lipinski definition) is 2. The highest BCUT2D eigenvalue weighted by atomic mass is 32.2. The molecule has 9 heteroatoms. The fourth-order valence-corrected chi connectivity index (χ4v) is 2.76. The average Bonchev–Trinajstić information content (AvgIpc) is 3.01. The fraction of sp³-hybridized carbons (Fsp3) is 0.143. The van der Waals surface area contributed by atoms with Crippen molar-refractivity contribution < 1.29 is 22.7 Å². The third kappa shape index (κ3) is 4.62. The molecule has 0 fully saturated rings. The van der Waals surface area contributed by atoms with Gasteiger partial charge in [-0.05, 0) is 42.6 Å². The van der Waals surface area contributed by atoms with Crippen LogP contribution in [0.15, 0.2) is 46.7 Å². The number of primary sulfonamides is 1. The first-order chi connectivity index (χ1) is 10.8. The van der Waals surface area contributed by atoms with Gasteiger partial charge in [-0.1, -0.05) is 6.07 Å². The molecule has 0 spiro atoms. The molecule has 3 N–H and O–H groups in total. The van der Waals surface area contributed by atoms with Gasteiger partial charge in [0, 0.05) is 5.69 Å². The minimum Gasteiger partial charge on any atom is -0.448 e. The van der Waals surface area contributed by atoms with Crippen LogP contribution in [0.4, 0.5) is 5.69 Å². The highest BCUT2D eigenvalue weighted by molar-refractivity contribution is 7.89. The Labute approximate surface area is 137 Å². The van der Waals surface area contributed by atoms with Gasteiger partial charge in [-0.3, -0.25) is 4.79 Å². The second kappa shape index (κ2) is 6.90. The van der Waals surface area contributed by atoms with Crippen molar-refractivity contribution >= 4 is 38.9 Å². The summed E-state index contributed by atoms with van der Waals surface area (Å²) >= 11 is 1.22. The van der Waals surface area contributed by atoms with Crippen LogP contribution in [0.3, 0.4) is 0 Å². The summed E-state index contributed by atoms with van der Waals surface area (Å²) in [5, 5.41) is 9.24. The molecule has 2 aromatic rings. The molecule has 1 aromatic heterocycles. The van der Waals surface area contributed by atoms with Crippen LogP contribution in [0.25, 0.3) is 0 Å². The Balaban J connectivity index is 1.97. The molecule has 23 heavy (non-hydrogen) atoms. The summed E-state index contributed by atoms with van der Waals surface area (Å²) in [5.74, 6) is -1.11. The molecule has 1 atom stereocenters. The summed E-state index contributed by atoms with van der Waals surface area (Å²) in [5.41, 5.74) is 0.362. The molecule has 0 saturated carbocycles. The first-order valence-corrected chi connectivity index (χ1v) is 8.88. The third-order valence-corrected chi connectivity index (χ3v) is 4.60. The Hall–Kier alpha value is -2.23.